The predicted octanol–water partition coefficient (Wildman–Crippen LogP) is 2.57. The van der Waals surface area contributed by atoms with E-state index in [2.05, 4.69) is 20.5 Å². The molecule has 3 heterocycles. The highest BCUT2D eigenvalue weighted by atomic mass is 32.2. The molecule has 4 rings (SSSR count). The summed E-state index contributed by atoms with van der Waals surface area (Å²) in [6, 6.07) is 12.2. The van der Waals surface area contributed by atoms with Gasteiger partial charge in [0.2, 0.25) is 9.84 Å². The molecule has 0 atom stereocenters. The lowest BCUT2D eigenvalue weighted by Gasteiger charge is -2.35. The number of carbonyl (C=O) groups is 1. The summed E-state index contributed by atoms with van der Waals surface area (Å²) in [6.45, 7) is 1.42. The van der Waals surface area contributed by atoms with Crippen molar-refractivity contribution < 1.29 is 22.0 Å². The molecular formula is C21H20F2N6O3S. The van der Waals surface area contributed by atoms with Crippen LogP contribution >= 0.6 is 0 Å². The van der Waals surface area contributed by atoms with Gasteiger partial charge in [-0.2, -0.15) is 8.78 Å². The molecule has 0 saturated carbocycles. The molecule has 0 aliphatic carbocycles. The van der Waals surface area contributed by atoms with E-state index in [1.54, 1.807) is 36.7 Å². The highest BCUT2D eigenvalue weighted by Gasteiger charge is 2.33. The molecule has 1 aliphatic heterocycles. The Balaban J connectivity index is 1.41. The number of nitrogens with one attached hydrogen (secondary N) is 1. The number of carbonyl (C=O) groups excluding carboxylic acids is 1. The van der Waals surface area contributed by atoms with Gasteiger partial charge in [0, 0.05) is 44.3 Å². The molecule has 1 aliphatic rings. The van der Waals surface area contributed by atoms with E-state index in [9.17, 15) is 22.0 Å². The number of hydrogen-bond acceptors (Lipinski definition) is 8. The van der Waals surface area contributed by atoms with Crippen LogP contribution in [0.25, 0.3) is 0 Å². The molecule has 0 unspecified atom stereocenters. The van der Waals surface area contributed by atoms with Crippen molar-refractivity contribution in [1.29, 1.82) is 0 Å². The number of rotatable bonds is 6. The number of anilines is 3. The average Bonchev–Trinajstić information content (AvgIpc) is 2.85. The standard InChI is InChI=1S/C21H20F2N6O3S/c22-21(23)33(31,32)17-4-2-1-3-16(17)20(30)29-13-11-28(12-14-29)19-6-5-18(26-27-19)25-15-7-9-24-10-8-15/h1-10,21H,11-14H2,(H,24,25,26). The summed E-state index contributed by atoms with van der Waals surface area (Å²) in [7, 11) is -4.89. The fourth-order valence-electron chi connectivity index (χ4n) is 3.44. The lowest BCUT2D eigenvalue weighted by molar-refractivity contribution is 0.0742. The Morgan fingerprint density at radius 1 is 0.939 bits per heavy atom. The minimum atomic E-state index is -4.89. The van der Waals surface area contributed by atoms with Crippen molar-refractivity contribution in [3.63, 3.8) is 0 Å². The zero-order valence-corrected chi connectivity index (χ0v) is 18.1. The van der Waals surface area contributed by atoms with E-state index in [-0.39, 0.29) is 18.7 Å². The third-order valence-corrected chi connectivity index (χ3v) is 6.59. The van der Waals surface area contributed by atoms with Crippen molar-refractivity contribution in [3.05, 3.63) is 66.5 Å². The first-order valence-corrected chi connectivity index (χ1v) is 11.6. The number of amides is 1. The maximum Gasteiger partial charge on any atom is 0.341 e. The molecule has 9 nitrogen and oxygen atoms in total. The first kappa shape index (κ1) is 22.5. The second kappa shape index (κ2) is 9.45. The van der Waals surface area contributed by atoms with Crippen LogP contribution in [-0.2, 0) is 9.84 Å². The summed E-state index contributed by atoms with van der Waals surface area (Å²) < 4.78 is 50.0. The van der Waals surface area contributed by atoms with E-state index in [1.807, 2.05) is 4.90 Å². The van der Waals surface area contributed by atoms with Gasteiger partial charge in [-0.1, -0.05) is 12.1 Å². The molecule has 3 aromatic rings. The first-order valence-electron chi connectivity index (χ1n) is 10.0. The molecule has 1 N–H and O–H groups in total. The van der Waals surface area contributed by atoms with Gasteiger partial charge in [0.1, 0.15) is 0 Å². The lowest BCUT2D eigenvalue weighted by Crippen LogP contribution is -2.49. The highest BCUT2D eigenvalue weighted by Crippen LogP contribution is 2.24. The molecule has 2 aromatic heterocycles. The van der Waals surface area contributed by atoms with Crippen LogP contribution in [0.4, 0.5) is 26.1 Å². The monoisotopic (exact) mass is 474 g/mol. The zero-order chi connectivity index (χ0) is 23.4. The average molecular weight is 474 g/mol. The minimum Gasteiger partial charge on any atom is -0.352 e. The molecular weight excluding hydrogens is 454 g/mol. The van der Waals surface area contributed by atoms with Crippen molar-refractivity contribution in [1.82, 2.24) is 20.1 Å². The van der Waals surface area contributed by atoms with Crippen molar-refractivity contribution in [2.24, 2.45) is 0 Å². The Bertz CT molecular complexity index is 1220. The number of pyridine rings is 1. The van der Waals surface area contributed by atoms with Gasteiger partial charge >= 0.3 is 5.76 Å². The van der Waals surface area contributed by atoms with E-state index in [4.69, 9.17) is 0 Å². The normalized spacial score (nSPS) is 14.4. The number of benzene rings is 1. The number of alkyl halides is 2. The number of hydrogen-bond donors (Lipinski definition) is 1. The Kier molecular flexibility index (Phi) is 6.45. The topological polar surface area (TPSA) is 108 Å². The highest BCUT2D eigenvalue weighted by molar-refractivity contribution is 7.91. The van der Waals surface area contributed by atoms with Gasteiger partial charge in [0.15, 0.2) is 11.6 Å². The number of piperazine rings is 1. The van der Waals surface area contributed by atoms with Crippen molar-refractivity contribution in [2.45, 2.75) is 10.7 Å². The van der Waals surface area contributed by atoms with E-state index in [0.29, 0.717) is 24.7 Å². The van der Waals surface area contributed by atoms with Gasteiger partial charge in [-0.3, -0.25) is 9.78 Å². The van der Waals surface area contributed by atoms with Gasteiger partial charge in [0.05, 0.1) is 10.5 Å². The van der Waals surface area contributed by atoms with E-state index in [1.165, 1.54) is 23.1 Å². The van der Waals surface area contributed by atoms with Crippen LogP contribution in [0.1, 0.15) is 10.4 Å². The number of sulfone groups is 1. The van der Waals surface area contributed by atoms with Crippen LogP contribution in [-0.4, -0.2) is 66.3 Å². The second-order valence-corrected chi connectivity index (χ2v) is 9.10. The van der Waals surface area contributed by atoms with Crippen LogP contribution in [0.2, 0.25) is 0 Å². The third-order valence-electron chi connectivity index (χ3n) is 5.15. The van der Waals surface area contributed by atoms with E-state index < -0.39 is 26.4 Å². The summed E-state index contributed by atoms with van der Waals surface area (Å²) in [6.07, 6.45) is 3.32. The minimum absolute atomic E-state index is 0.252. The summed E-state index contributed by atoms with van der Waals surface area (Å²) in [4.78, 5) is 19.6. The maximum absolute atomic E-state index is 13.0. The van der Waals surface area contributed by atoms with Crippen molar-refractivity contribution in [2.75, 3.05) is 36.4 Å². The quantitative estimate of drug-likeness (QED) is 0.581. The molecule has 1 saturated heterocycles. The second-order valence-electron chi connectivity index (χ2n) is 7.22. The van der Waals surface area contributed by atoms with E-state index in [0.717, 1.165) is 11.8 Å². The lowest BCUT2D eigenvalue weighted by atomic mass is 10.2. The largest absolute Gasteiger partial charge is 0.352 e. The fourth-order valence-corrected chi connectivity index (χ4v) is 4.36. The first-order chi connectivity index (χ1) is 15.9. The Morgan fingerprint density at radius 3 is 2.27 bits per heavy atom. The van der Waals surface area contributed by atoms with Crippen molar-refractivity contribution >= 4 is 33.1 Å². The molecule has 172 valence electrons. The van der Waals surface area contributed by atoms with Gasteiger partial charge in [0.25, 0.3) is 5.91 Å². The maximum atomic E-state index is 13.0. The third kappa shape index (κ3) is 4.90. The van der Waals surface area contributed by atoms with Crippen LogP contribution in [0.5, 0.6) is 0 Å². The van der Waals surface area contributed by atoms with Crippen LogP contribution in [0, 0.1) is 0 Å². The van der Waals surface area contributed by atoms with Crippen LogP contribution in [0.15, 0.2) is 65.8 Å². The molecule has 0 radical (unpaired) electrons. The SMILES string of the molecule is O=C(c1ccccc1S(=O)(=O)C(F)F)N1CCN(c2ccc(Nc3ccncc3)nn2)CC1. The fraction of sp³-hybridized carbons (Fsp3) is 0.238. The number of nitrogens with zero attached hydrogens (tertiary/aromatic N) is 5. The predicted molar refractivity (Wildman–Crippen MR) is 117 cm³/mol. The number of halogens is 2. The van der Waals surface area contributed by atoms with Gasteiger partial charge < -0.3 is 15.1 Å². The molecule has 33 heavy (non-hydrogen) atoms. The van der Waals surface area contributed by atoms with Crippen molar-refractivity contribution in [3.8, 4) is 0 Å². The summed E-state index contributed by atoms with van der Waals surface area (Å²) in [5.74, 6) is -3.01. The molecule has 0 spiro atoms. The number of aromatic nitrogens is 3. The van der Waals surface area contributed by atoms with Crippen LogP contribution < -0.4 is 10.2 Å². The molecule has 1 fully saturated rings. The molecule has 1 aromatic carbocycles. The van der Waals surface area contributed by atoms with Gasteiger partial charge in [-0.25, -0.2) is 8.42 Å². The molecule has 0 bridgehead atoms. The van der Waals surface area contributed by atoms with Crippen LogP contribution in [0.3, 0.4) is 0 Å². The van der Waals surface area contributed by atoms with Gasteiger partial charge in [-0.05, 0) is 36.4 Å². The molecule has 12 heteroatoms. The molecule has 1 amide bonds. The van der Waals surface area contributed by atoms with E-state index >= 15 is 0 Å². The summed E-state index contributed by atoms with van der Waals surface area (Å²) >= 11 is 0. The summed E-state index contributed by atoms with van der Waals surface area (Å²) in [5.41, 5.74) is 0.575. The Morgan fingerprint density at radius 2 is 1.64 bits per heavy atom. The zero-order valence-electron chi connectivity index (χ0n) is 17.3. The Labute approximate surface area is 189 Å². The van der Waals surface area contributed by atoms with Gasteiger partial charge in [-0.15, -0.1) is 10.2 Å². The summed E-state index contributed by atoms with van der Waals surface area (Å²) in [5, 5.41) is 11.5. The smallest absolute Gasteiger partial charge is 0.341 e. The Hall–Kier alpha value is -3.67.